The van der Waals surface area contributed by atoms with Gasteiger partial charge in [0.2, 0.25) is 0 Å². The van der Waals surface area contributed by atoms with Gasteiger partial charge in [0.15, 0.2) is 0 Å². The molecule has 2 heteroatoms. The second-order valence-electron chi connectivity index (χ2n) is 7.29. The normalized spacial score (nSPS) is 31.1. The van der Waals surface area contributed by atoms with Crippen LogP contribution >= 0.6 is 0 Å². The van der Waals surface area contributed by atoms with Gasteiger partial charge < -0.3 is 5.11 Å². The van der Waals surface area contributed by atoms with E-state index >= 15 is 0 Å². The van der Waals surface area contributed by atoms with E-state index in [9.17, 15) is 5.11 Å². The summed E-state index contributed by atoms with van der Waals surface area (Å²) in [6, 6.07) is 21.7. The molecule has 2 aromatic carbocycles. The third kappa shape index (κ3) is 3.13. The van der Waals surface area contributed by atoms with E-state index in [0.29, 0.717) is 0 Å². The molecular weight excluding hydrogens is 294 g/mol. The molecule has 2 nitrogen and oxygen atoms in total. The second kappa shape index (κ2) is 7.08. The van der Waals surface area contributed by atoms with Crippen molar-refractivity contribution >= 4 is 0 Å². The number of nitrogens with zero attached hydrogens (tertiary/aromatic N) is 1. The molecule has 0 amide bonds. The summed E-state index contributed by atoms with van der Waals surface area (Å²) in [4.78, 5) is 2.46. The molecule has 1 saturated heterocycles. The largest absolute Gasteiger partial charge is 0.389 e. The molecule has 0 radical (unpaired) electrons. The Morgan fingerprint density at radius 1 is 1.00 bits per heavy atom. The average molecular weight is 323 g/mol. The van der Waals surface area contributed by atoms with Gasteiger partial charge >= 0.3 is 0 Å². The summed E-state index contributed by atoms with van der Waals surface area (Å²) in [5.74, 6) is 0.199. The lowest BCUT2D eigenvalue weighted by molar-refractivity contribution is -0.118. The molecule has 1 N–H and O–H groups in total. The molecule has 0 aliphatic carbocycles. The van der Waals surface area contributed by atoms with Crippen LogP contribution in [0.25, 0.3) is 0 Å². The summed E-state index contributed by atoms with van der Waals surface area (Å²) < 4.78 is 0. The van der Waals surface area contributed by atoms with Gasteiger partial charge in [-0.3, -0.25) is 4.90 Å². The predicted octanol–water partition coefficient (Wildman–Crippen LogP) is 4.97. The van der Waals surface area contributed by atoms with E-state index in [4.69, 9.17) is 0 Å². The van der Waals surface area contributed by atoms with Gasteiger partial charge in [0.1, 0.15) is 0 Å². The molecule has 1 aliphatic rings. The average Bonchev–Trinajstić information content (AvgIpc) is 2.61. The topological polar surface area (TPSA) is 23.5 Å². The Morgan fingerprint density at radius 3 is 2.08 bits per heavy atom. The van der Waals surface area contributed by atoms with Crippen molar-refractivity contribution in [2.45, 2.75) is 50.8 Å². The first kappa shape index (κ1) is 17.2. The molecular formula is C22H29NO. The van der Waals surface area contributed by atoms with Crippen LogP contribution in [0.3, 0.4) is 0 Å². The monoisotopic (exact) mass is 323 g/mol. The minimum absolute atomic E-state index is 0.199. The third-order valence-corrected chi connectivity index (χ3v) is 5.81. The molecule has 3 rings (SSSR count). The molecule has 0 aromatic heterocycles. The first-order chi connectivity index (χ1) is 11.6. The lowest BCUT2D eigenvalue weighted by Crippen LogP contribution is -2.52. The molecule has 4 atom stereocenters. The number of hydrogen-bond acceptors (Lipinski definition) is 2. The minimum atomic E-state index is -0.623. The zero-order valence-corrected chi connectivity index (χ0v) is 15.0. The van der Waals surface area contributed by atoms with Gasteiger partial charge in [-0.1, -0.05) is 80.9 Å². The lowest BCUT2D eigenvalue weighted by atomic mass is 9.69. The fourth-order valence-corrected chi connectivity index (χ4v) is 4.47. The van der Waals surface area contributed by atoms with Crippen molar-refractivity contribution < 1.29 is 5.11 Å². The van der Waals surface area contributed by atoms with Crippen molar-refractivity contribution in [2.75, 3.05) is 7.05 Å². The van der Waals surface area contributed by atoms with E-state index in [2.05, 4.69) is 86.5 Å². The summed E-state index contributed by atoms with van der Waals surface area (Å²) in [7, 11) is 2.21. The van der Waals surface area contributed by atoms with Crippen LogP contribution in [0.2, 0.25) is 0 Å². The van der Waals surface area contributed by atoms with Crippen LogP contribution in [0.4, 0.5) is 0 Å². The van der Waals surface area contributed by atoms with Gasteiger partial charge in [0.25, 0.3) is 0 Å². The van der Waals surface area contributed by atoms with Crippen molar-refractivity contribution in [3.8, 4) is 0 Å². The predicted molar refractivity (Wildman–Crippen MR) is 99.8 cm³/mol. The third-order valence-electron chi connectivity index (χ3n) is 5.81. The molecule has 0 spiro atoms. The Balaban J connectivity index is 2.03. The van der Waals surface area contributed by atoms with Crippen LogP contribution in [-0.4, -0.2) is 22.7 Å². The van der Waals surface area contributed by atoms with Gasteiger partial charge in [-0.05, 0) is 31.0 Å². The Morgan fingerprint density at radius 2 is 1.54 bits per heavy atom. The van der Waals surface area contributed by atoms with Crippen LogP contribution < -0.4 is 0 Å². The Hall–Kier alpha value is -1.64. The molecule has 2 aromatic rings. The van der Waals surface area contributed by atoms with Crippen LogP contribution in [0.1, 0.15) is 56.3 Å². The zero-order chi connectivity index (χ0) is 17.2. The smallest absolute Gasteiger partial charge is 0.0709 e. The van der Waals surface area contributed by atoms with Crippen molar-refractivity contribution in [2.24, 2.45) is 5.92 Å². The SMILES string of the molecule is CCC[C@@]1(O)C[C@H](c2ccccc2)N(C)[C@H](c2ccccc2)[C@@H]1C. The van der Waals surface area contributed by atoms with E-state index in [0.717, 1.165) is 19.3 Å². The molecule has 1 fully saturated rings. The molecule has 1 heterocycles. The number of aliphatic hydroxyl groups is 1. The van der Waals surface area contributed by atoms with Crippen molar-refractivity contribution in [1.29, 1.82) is 0 Å². The highest BCUT2D eigenvalue weighted by molar-refractivity contribution is 5.26. The summed E-state index contributed by atoms with van der Waals surface area (Å²) in [5.41, 5.74) is 1.97. The molecule has 0 unspecified atom stereocenters. The zero-order valence-electron chi connectivity index (χ0n) is 15.0. The van der Waals surface area contributed by atoms with Crippen LogP contribution in [0.15, 0.2) is 60.7 Å². The quantitative estimate of drug-likeness (QED) is 0.858. The van der Waals surface area contributed by atoms with Gasteiger partial charge in [-0.25, -0.2) is 0 Å². The number of likely N-dealkylation sites (tertiary alicyclic amines) is 1. The molecule has 0 bridgehead atoms. The maximum Gasteiger partial charge on any atom is 0.0709 e. The number of hydrogen-bond donors (Lipinski definition) is 1. The summed E-state index contributed by atoms with van der Waals surface area (Å²) in [6.45, 7) is 4.38. The highest BCUT2D eigenvalue weighted by Gasteiger charge is 2.48. The van der Waals surface area contributed by atoms with Crippen LogP contribution in [-0.2, 0) is 0 Å². The standard InChI is InChI=1S/C22H29NO/c1-4-15-22(24)16-20(18-11-7-5-8-12-18)23(3)21(17(22)2)19-13-9-6-10-14-19/h5-14,17,20-21,24H,4,15-16H2,1-3H3/t17-,20+,21-,22+/m0/s1. The Bertz CT molecular complexity index is 642. The van der Waals surface area contributed by atoms with Crippen molar-refractivity contribution in [1.82, 2.24) is 4.90 Å². The highest BCUT2D eigenvalue weighted by Crippen LogP contribution is 2.50. The summed E-state index contributed by atoms with van der Waals surface area (Å²) >= 11 is 0. The lowest BCUT2D eigenvalue weighted by Gasteiger charge is -2.52. The van der Waals surface area contributed by atoms with E-state index in [1.54, 1.807) is 0 Å². The minimum Gasteiger partial charge on any atom is -0.389 e. The number of rotatable bonds is 4. The Kier molecular flexibility index (Phi) is 5.07. The summed E-state index contributed by atoms with van der Waals surface area (Å²) in [5, 5.41) is 11.5. The molecule has 24 heavy (non-hydrogen) atoms. The first-order valence-electron chi connectivity index (χ1n) is 9.11. The second-order valence-corrected chi connectivity index (χ2v) is 7.29. The fourth-order valence-electron chi connectivity index (χ4n) is 4.47. The highest BCUT2D eigenvalue weighted by atomic mass is 16.3. The number of piperidine rings is 1. The van der Waals surface area contributed by atoms with Gasteiger partial charge in [-0.15, -0.1) is 0 Å². The van der Waals surface area contributed by atoms with Gasteiger partial charge in [-0.2, -0.15) is 0 Å². The number of benzene rings is 2. The van der Waals surface area contributed by atoms with E-state index in [-0.39, 0.29) is 18.0 Å². The Labute approximate surface area is 146 Å². The van der Waals surface area contributed by atoms with E-state index in [1.165, 1.54) is 11.1 Å². The van der Waals surface area contributed by atoms with Crippen molar-refractivity contribution in [3.63, 3.8) is 0 Å². The van der Waals surface area contributed by atoms with Crippen LogP contribution in [0, 0.1) is 5.92 Å². The maximum absolute atomic E-state index is 11.5. The molecule has 128 valence electrons. The maximum atomic E-state index is 11.5. The van der Waals surface area contributed by atoms with Crippen LogP contribution in [0.5, 0.6) is 0 Å². The van der Waals surface area contributed by atoms with E-state index in [1.807, 2.05) is 0 Å². The molecule has 1 aliphatic heterocycles. The summed E-state index contributed by atoms with van der Waals surface area (Å²) in [6.07, 6.45) is 2.66. The van der Waals surface area contributed by atoms with E-state index < -0.39 is 5.60 Å². The fraction of sp³-hybridized carbons (Fsp3) is 0.455. The molecule has 0 saturated carbocycles. The van der Waals surface area contributed by atoms with Gasteiger partial charge in [0.05, 0.1) is 5.60 Å². The van der Waals surface area contributed by atoms with Gasteiger partial charge in [0, 0.05) is 18.0 Å². The first-order valence-corrected chi connectivity index (χ1v) is 9.11. The van der Waals surface area contributed by atoms with Crippen molar-refractivity contribution in [3.05, 3.63) is 71.8 Å².